The van der Waals surface area contributed by atoms with Gasteiger partial charge in [0.25, 0.3) is 0 Å². The highest BCUT2D eigenvalue weighted by molar-refractivity contribution is 7.89. The second-order valence-corrected chi connectivity index (χ2v) is 8.32. The number of sulfonamides is 1. The number of unbranched alkanes of at least 4 members (excludes halogenated alkanes) is 2. The number of nitrogen functional groups attached to an aromatic ring is 1. The molecule has 0 aliphatic rings. The van der Waals surface area contributed by atoms with E-state index in [9.17, 15) is 8.42 Å². The molecule has 0 aliphatic carbocycles. The number of nitrogens with two attached hydrogens (primary N) is 1. The highest BCUT2D eigenvalue weighted by Crippen LogP contribution is 2.37. The summed E-state index contributed by atoms with van der Waals surface area (Å²) in [5.74, 6) is 0.0878. The van der Waals surface area contributed by atoms with Crippen molar-refractivity contribution in [3.8, 4) is 0 Å². The Morgan fingerprint density at radius 2 is 1.90 bits per heavy atom. The first-order valence-electron chi connectivity index (χ1n) is 7.17. The summed E-state index contributed by atoms with van der Waals surface area (Å²) in [6.07, 6.45) is 3.26. The third-order valence-corrected chi connectivity index (χ3v) is 6.19. The molecule has 6 nitrogen and oxygen atoms in total. The zero-order valence-electron chi connectivity index (χ0n) is 13.5. The van der Waals surface area contributed by atoms with Crippen LogP contribution in [0.1, 0.15) is 40.0 Å². The Morgan fingerprint density at radius 3 is 2.38 bits per heavy atom. The van der Waals surface area contributed by atoms with E-state index >= 15 is 0 Å². The third kappa shape index (κ3) is 4.08. The molecule has 0 unspecified atom stereocenters. The maximum absolute atomic E-state index is 12.5. The molecule has 0 amide bonds. The Kier molecular flexibility index (Phi) is 6.42. The summed E-state index contributed by atoms with van der Waals surface area (Å²) in [6, 6.07) is 0.192. The van der Waals surface area contributed by atoms with Crippen molar-refractivity contribution in [1.29, 1.82) is 0 Å². The molecule has 8 heteroatoms. The number of aromatic nitrogens is 1. The van der Waals surface area contributed by atoms with Gasteiger partial charge >= 0.3 is 0 Å². The van der Waals surface area contributed by atoms with E-state index in [0.717, 1.165) is 37.3 Å². The predicted octanol–water partition coefficient (Wildman–Crippen LogP) is 2.38. The van der Waals surface area contributed by atoms with Gasteiger partial charge in [-0.2, -0.15) is 4.37 Å². The minimum atomic E-state index is -3.59. The number of rotatable bonds is 8. The lowest BCUT2D eigenvalue weighted by Gasteiger charge is -2.28. The average Bonchev–Trinajstić information content (AvgIpc) is 2.76. The molecule has 0 saturated carbocycles. The van der Waals surface area contributed by atoms with E-state index < -0.39 is 10.0 Å². The Hall–Kier alpha value is -0.860. The van der Waals surface area contributed by atoms with Crippen molar-refractivity contribution >= 4 is 32.4 Å². The van der Waals surface area contributed by atoms with Crippen molar-refractivity contribution in [1.82, 2.24) is 8.68 Å². The topological polar surface area (TPSA) is 79.5 Å². The van der Waals surface area contributed by atoms with Crippen LogP contribution in [0.3, 0.4) is 0 Å². The van der Waals surface area contributed by atoms with Crippen molar-refractivity contribution < 1.29 is 8.42 Å². The zero-order valence-corrected chi connectivity index (χ0v) is 15.1. The Labute approximate surface area is 132 Å². The fourth-order valence-electron chi connectivity index (χ4n) is 2.02. The molecule has 122 valence electrons. The van der Waals surface area contributed by atoms with Crippen molar-refractivity contribution in [2.45, 2.75) is 51.0 Å². The molecule has 0 saturated heterocycles. The molecule has 0 radical (unpaired) electrons. The molecule has 1 heterocycles. The highest BCUT2D eigenvalue weighted by Gasteiger charge is 2.30. The zero-order chi connectivity index (χ0) is 16.2. The van der Waals surface area contributed by atoms with Crippen LogP contribution in [0, 0.1) is 0 Å². The predicted molar refractivity (Wildman–Crippen MR) is 89.4 cm³/mol. The Bertz CT molecular complexity index is 553. The first-order valence-corrected chi connectivity index (χ1v) is 9.39. The van der Waals surface area contributed by atoms with Gasteiger partial charge in [-0.25, -0.2) is 12.7 Å². The quantitative estimate of drug-likeness (QED) is 0.738. The molecular weight excluding hydrogens is 308 g/mol. The first kappa shape index (κ1) is 18.2. The van der Waals surface area contributed by atoms with Crippen LogP contribution in [-0.2, 0) is 10.0 Å². The summed E-state index contributed by atoms with van der Waals surface area (Å²) < 4.78 is 30.2. The monoisotopic (exact) mass is 334 g/mol. The standard InChI is InChI=1S/C13H26N4O2S2/c1-6-7-8-9-17(10(2)3)13-11(12(14)15-20-13)21(18,19)16(4)5/h10H,6-9H2,1-5H3,(H2,14,15). The van der Waals surface area contributed by atoms with Crippen molar-refractivity contribution in [3.63, 3.8) is 0 Å². The van der Waals surface area contributed by atoms with E-state index in [2.05, 4.69) is 16.2 Å². The van der Waals surface area contributed by atoms with E-state index in [1.807, 2.05) is 13.8 Å². The molecule has 0 aromatic carbocycles. The van der Waals surface area contributed by atoms with Gasteiger partial charge in [0.2, 0.25) is 10.0 Å². The third-order valence-electron chi connectivity index (χ3n) is 3.28. The largest absolute Gasteiger partial charge is 0.382 e. The minimum Gasteiger partial charge on any atom is -0.382 e. The van der Waals surface area contributed by atoms with Gasteiger partial charge in [0.05, 0.1) is 0 Å². The summed E-state index contributed by atoms with van der Waals surface area (Å²) in [5, 5.41) is 0.646. The molecule has 1 aromatic heterocycles. The second kappa shape index (κ2) is 7.42. The lowest BCUT2D eigenvalue weighted by atomic mass is 10.2. The molecule has 1 aromatic rings. The lowest BCUT2D eigenvalue weighted by Crippen LogP contribution is -2.33. The average molecular weight is 335 g/mol. The molecular formula is C13H26N4O2S2. The number of hydrogen-bond donors (Lipinski definition) is 1. The van der Waals surface area contributed by atoms with Crippen LogP contribution in [0.25, 0.3) is 0 Å². The highest BCUT2D eigenvalue weighted by atomic mass is 32.2. The van der Waals surface area contributed by atoms with Gasteiger partial charge in [-0.3, -0.25) is 0 Å². The van der Waals surface area contributed by atoms with Gasteiger partial charge in [0.15, 0.2) is 10.7 Å². The summed E-state index contributed by atoms with van der Waals surface area (Å²) in [5.41, 5.74) is 5.82. The molecule has 0 atom stereocenters. The summed E-state index contributed by atoms with van der Waals surface area (Å²) in [4.78, 5) is 2.22. The normalized spacial score (nSPS) is 12.3. The van der Waals surface area contributed by atoms with E-state index in [0.29, 0.717) is 5.00 Å². The second-order valence-electron chi connectivity index (χ2n) is 5.48. The first-order chi connectivity index (χ1) is 9.73. The van der Waals surface area contributed by atoms with Gasteiger partial charge in [0.1, 0.15) is 5.00 Å². The number of hydrogen-bond acceptors (Lipinski definition) is 6. The van der Waals surface area contributed by atoms with Crippen LogP contribution < -0.4 is 10.6 Å². The van der Waals surface area contributed by atoms with Crippen LogP contribution in [0.5, 0.6) is 0 Å². The summed E-state index contributed by atoms with van der Waals surface area (Å²) >= 11 is 1.16. The SMILES string of the molecule is CCCCCN(c1snc(N)c1S(=O)(=O)N(C)C)C(C)C. The fourth-order valence-corrected chi connectivity index (χ4v) is 4.39. The van der Waals surface area contributed by atoms with E-state index in [4.69, 9.17) is 5.73 Å². The van der Waals surface area contributed by atoms with Gasteiger partial charge in [0, 0.05) is 26.7 Å². The van der Waals surface area contributed by atoms with Gasteiger partial charge < -0.3 is 10.6 Å². The van der Waals surface area contributed by atoms with Crippen LogP contribution in [0.2, 0.25) is 0 Å². The molecule has 0 aliphatic heterocycles. The van der Waals surface area contributed by atoms with Crippen LogP contribution in [0.15, 0.2) is 4.90 Å². The van der Waals surface area contributed by atoms with Gasteiger partial charge in [-0.15, -0.1) is 0 Å². The van der Waals surface area contributed by atoms with Gasteiger partial charge in [-0.1, -0.05) is 19.8 Å². The van der Waals surface area contributed by atoms with E-state index in [-0.39, 0.29) is 16.8 Å². The molecule has 0 fully saturated rings. The van der Waals surface area contributed by atoms with Crippen molar-refractivity contribution in [2.75, 3.05) is 31.3 Å². The molecule has 2 N–H and O–H groups in total. The minimum absolute atomic E-state index is 0.0878. The van der Waals surface area contributed by atoms with Gasteiger partial charge in [-0.05, 0) is 31.8 Å². The molecule has 1 rings (SSSR count). The van der Waals surface area contributed by atoms with Crippen LogP contribution >= 0.6 is 11.5 Å². The summed E-state index contributed by atoms with van der Waals surface area (Å²) in [7, 11) is -0.576. The summed E-state index contributed by atoms with van der Waals surface area (Å²) in [6.45, 7) is 7.05. The van der Waals surface area contributed by atoms with Crippen molar-refractivity contribution in [3.05, 3.63) is 0 Å². The molecule has 21 heavy (non-hydrogen) atoms. The van der Waals surface area contributed by atoms with E-state index in [1.54, 1.807) is 0 Å². The molecule has 0 bridgehead atoms. The van der Waals surface area contributed by atoms with Crippen LogP contribution in [-0.4, -0.2) is 43.8 Å². The maximum atomic E-state index is 12.5. The maximum Gasteiger partial charge on any atom is 0.249 e. The number of anilines is 2. The Balaban J connectivity index is 3.22. The van der Waals surface area contributed by atoms with Crippen molar-refractivity contribution in [2.24, 2.45) is 0 Å². The molecule has 0 spiro atoms. The van der Waals surface area contributed by atoms with E-state index in [1.165, 1.54) is 18.4 Å². The lowest BCUT2D eigenvalue weighted by molar-refractivity contribution is 0.520. The Morgan fingerprint density at radius 1 is 1.29 bits per heavy atom. The number of nitrogens with zero attached hydrogens (tertiary/aromatic N) is 3. The fraction of sp³-hybridized carbons (Fsp3) is 0.769. The smallest absolute Gasteiger partial charge is 0.249 e. The van der Waals surface area contributed by atoms with Crippen LogP contribution in [0.4, 0.5) is 10.8 Å².